The van der Waals surface area contributed by atoms with E-state index in [2.05, 4.69) is 21.4 Å². The second kappa shape index (κ2) is 4.84. The predicted octanol–water partition coefficient (Wildman–Crippen LogP) is 2.76. The lowest BCUT2D eigenvalue weighted by molar-refractivity contribution is 0.843. The monoisotopic (exact) mass is 225 g/mol. The number of nitrogens with zero attached hydrogens (tertiary/aromatic N) is 2. The second-order valence-corrected chi connectivity index (χ2v) is 3.95. The van der Waals surface area contributed by atoms with E-state index < -0.39 is 0 Å². The maximum Gasteiger partial charge on any atom is 0.157 e. The Labute approximate surface area is 101 Å². The van der Waals surface area contributed by atoms with Crippen LogP contribution in [0, 0.1) is 19.3 Å². The quantitative estimate of drug-likeness (QED) is 0.816. The topological polar surface area (TPSA) is 37.8 Å². The highest BCUT2D eigenvalue weighted by molar-refractivity contribution is 5.93. The summed E-state index contributed by atoms with van der Waals surface area (Å²) in [6.07, 6.45) is 6.31. The molecule has 0 aliphatic heterocycles. The van der Waals surface area contributed by atoms with Crippen molar-refractivity contribution >= 4 is 16.6 Å². The van der Waals surface area contributed by atoms with Crippen LogP contribution in [-0.4, -0.2) is 16.2 Å². The third-order valence-corrected chi connectivity index (χ3v) is 2.79. The van der Waals surface area contributed by atoms with Gasteiger partial charge in [-0.15, -0.1) is 11.5 Å². The average Bonchev–Trinajstić information content (AvgIpc) is 2.38. The highest BCUT2D eigenvalue weighted by Crippen LogP contribution is 2.22. The van der Waals surface area contributed by atoms with Crippen molar-refractivity contribution in [2.45, 2.75) is 26.3 Å². The maximum absolute atomic E-state index is 5.44. The van der Waals surface area contributed by atoms with Gasteiger partial charge in [0.05, 0.1) is 11.7 Å². The SMILES string of the molecule is C#CC(CC)Nc1nnc(C)c2ccccc12. The van der Waals surface area contributed by atoms with Crippen LogP contribution in [0.15, 0.2) is 24.3 Å². The zero-order valence-corrected chi connectivity index (χ0v) is 10.1. The third-order valence-electron chi connectivity index (χ3n) is 2.79. The van der Waals surface area contributed by atoms with Crippen LogP contribution in [0.3, 0.4) is 0 Å². The number of hydrogen-bond acceptors (Lipinski definition) is 3. The number of rotatable bonds is 3. The molecule has 3 heteroatoms. The van der Waals surface area contributed by atoms with Gasteiger partial charge in [-0.25, -0.2) is 0 Å². The van der Waals surface area contributed by atoms with Gasteiger partial charge in [0.2, 0.25) is 0 Å². The van der Waals surface area contributed by atoms with E-state index in [9.17, 15) is 0 Å². The van der Waals surface area contributed by atoms with Crippen molar-refractivity contribution in [3.63, 3.8) is 0 Å². The zero-order valence-electron chi connectivity index (χ0n) is 10.1. The summed E-state index contributed by atoms with van der Waals surface area (Å²) in [5, 5.41) is 13.7. The van der Waals surface area contributed by atoms with Crippen LogP contribution in [0.25, 0.3) is 10.8 Å². The Bertz CT molecular complexity index is 569. The standard InChI is InChI=1S/C14H15N3/c1-4-11(5-2)15-14-13-9-7-6-8-12(13)10(3)16-17-14/h1,6-9,11H,5H2,2-3H3,(H,15,17). The molecule has 1 atom stereocenters. The van der Waals surface area contributed by atoms with Gasteiger partial charge in [0.1, 0.15) is 0 Å². The van der Waals surface area contributed by atoms with Crippen molar-refractivity contribution in [2.24, 2.45) is 0 Å². The largest absolute Gasteiger partial charge is 0.354 e. The molecular weight excluding hydrogens is 210 g/mol. The highest BCUT2D eigenvalue weighted by atomic mass is 15.2. The number of aryl methyl sites for hydroxylation is 1. The molecule has 0 saturated carbocycles. The van der Waals surface area contributed by atoms with Crippen molar-refractivity contribution in [3.05, 3.63) is 30.0 Å². The number of hydrogen-bond donors (Lipinski definition) is 1. The first kappa shape index (κ1) is 11.4. The third kappa shape index (κ3) is 2.21. The van der Waals surface area contributed by atoms with Crippen LogP contribution >= 0.6 is 0 Å². The van der Waals surface area contributed by atoms with Gasteiger partial charge < -0.3 is 5.32 Å². The van der Waals surface area contributed by atoms with Crippen molar-refractivity contribution in [2.75, 3.05) is 5.32 Å². The number of anilines is 1. The molecule has 0 amide bonds. The van der Waals surface area contributed by atoms with Gasteiger partial charge in [0.25, 0.3) is 0 Å². The first-order valence-corrected chi connectivity index (χ1v) is 5.71. The fourth-order valence-corrected chi connectivity index (χ4v) is 1.77. The van der Waals surface area contributed by atoms with Crippen LogP contribution < -0.4 is 5.32 Å². The molecule has 0 aliphatic rings. The van der Waals surface area contributed by atoms with Gasteiger partial charge >= 0.3 is 0 Å². The molecule has 2 rings (SSSR count). The molecule has 3 nitrogen and oxygen atoms in total. The summed E-state index contributed by atoms with van der Waals surface area (Å²) in [6, 6.07) is 8.06. The molecular formula is C14H15N3. The van der Waals surface area contributed by atoms with E-state index in [-0.39, 0.29) is 6.04 Å². The molecule has 1 heterocycles. The minimum Gasteiger partial charge on any atom is -0.354 e. The lowest BCUT2D eigenvalue weighted by atomic mass is 10.1. The van der Waals surface area contributed by atoms with E-state index in [1.807, 2.05) is 38.1 Å². The Morgan fingerprint density at radius 3 is 2.65 bits per heavy atom. The lowest BCUT2D eigenvalue weighted by Gasteiger charge is -2.13. The summed E-state index contributed by atoms with van der Waals surface area (Å²) < 4.78 is 0. The molecule has 17 heavy (non-hydrogen) atoms. The molecule has 0 radical (unpaired) electrons. The Hall–Kier alpha value is -2.08. The summed E-state index contributed by atoms with van der Waals surface area (Å²) in [6.45, 7) is 4.00. The van der Waals surface area contributed by atoms with Gasteiger partial charge in [-0.1, -0.05) is 37.1 Å². The Kier molecular flexibility index (Phi) is 3.24. The summed E-state index contributed by atoms with van der Waals surface area (Å²) in [7, 11) is 0. The predicted molar refractivity (Wildman–Crippen MR) is 70.8 cm³/mol. The number of aromatic nitrogens is 2. The van der Waals surface area contributed by atoms with Gasteiger partial charge in [0.15, 0.2) is 5.82 Å². The van der Waals surface area contributed by atoms with Crippen LogP contribution in [0.4, 0.5) is 5.82 Å². The summed E-state index contributed by atoms with van der Waals surface area (Å²) in [5.41, 5.74) is 0.930. The molecule has 1 aromatic heterocycles. The zero-order chi connectivity index (χ0) is 12.3. The fourth-order valence-electron chi connectivity index (χ4n) is 1.77. The van der Waals surface area contributed by atoms with Crippen LogP contribution in [0.1, 0.15) is 19.0 Å². The number of benzene rings is 1. The Morgan fingerprint density at radius 2 is 2.00 bits per heavy atom. The molecule has 1 unspecified atom stereocenters. The Balaban J connectivity index is 2.49. The minimum absolute atomic E-state index is 0.00425. The molecule has 0 spiro atoms. The van der Waals surface area contributed by atoms with E-state index in [1.54, 1.807) is 0 Å². The number of terminal acetylenes is 1. The van der Waals surface area contributed by atoms with Crippen LogP contribution in [0.2, 0.25) is 0 Å². The Morgan fingerprint density at radius 1 is 1.29 bits per heavy atom. The molecule has 0 saturated heterocycles. The van der Waals surface area contributed by atoms with Gasteiger partial charge in [0, 0.05) is 10.8 Å². The van der Waals surface area contributed by atoms with E-state index in [1.165, 1.54) is 0 Å². The molecule has 0 bridgehead atoms. The second-order valence-electron chi connectivity index (χ2n) is 3.95. The van der Waals surface area contributed by atoms with E-state index >= 15 is 0 Å². The molecule has 0 aliphatic carbocycles. The van der Waals surface area contributed by atoms with E-state index in [0.29, 0.717) is 0 Å². The van der Waals surface area contributed by atoms with E-state index in [0.717, 1.165) is 28.7 Å². The first-order chi connectivity index (χ1) is 8.26. The fraction of sp³-hybridized carbons (Fsp3) is 0.286. The molecule has 86 valence electrons. The normalized spacial score (nSPS) is 12.1. The molecule has 1 aromatic carbocycles. The lowest BCUT2D eigenvalue weighted by Crippen LogP contribution is -2.17. The van der Waals surface area contributed by atoms with E-state index in [4.69, 9.17) is 6.42 Å². The van der Waals surface area contributed by atoms with Gasteiger partial charge in [-0.3, -0.25) is 0 Å². The van der Waals surface area contributed by atoms with Crippen molar-refractivity contribution in [3.8, 4) is 12.3 Å². The van der Waals surface area contributed by atoms with Crippen LogP contribution in [0.5, 0.6) is 0 Å². The minimum atomic E-state index is -0.00425. The van der Waals surface area contributed by atoms with Crippen LogP contribution in [-0.2, 0) is 0 Å². The average molecular weight is 225 g/mol. The molecule has 0 fully saturated rings. The van der Waals surface area contributed by atoms with Crippen molar-refractivity contribution in [1.82, 2.24) is 10.2 Å². The molecule has 2 aromatic rings. The number of fused-ring (bicyclic) bond motifs is 1. The van der Waals surface area contributed by atoms with Gasteiger partial charge in [-0.05, 0) is 13.3 Å². The summed E-state index contributed by atoms with van der Waals surface area (Å²) in [5.74, 6) is 3.46. The maximum atomic E-state index is 5.44. The number of nitrogens with one attached hydrogen (secondary N) is 1. The smallest absolute Gasteiger partial charge is 0.157 e. The first-order valence-electron chi connectivity index (χ1n) is 5.71. The summed E-state index contributed by atoms with van der Waals surface area (Å²) >= 11 is 0. The van der Waals surface area contributed by atoms with Crippen molar-refractivity contribution < 1.29 is 0 Å². The molecule has 1 N–H and O–H groups in total. The van der Waals surface area contributed by atoms with Crippen molar-refractivity contribution in [1.29, 1.82) is 0 Å². The van der Waals surface area contributed by atoms with Gasteiger partial charge in [-0.2, -0.15) is 5.10 Å². The highest BCUT2D eigenvalue weighted by Gasteiger charge is 2.08. The summed E-state index contributed by atoms with van der Waals surface area (Å²) in [4.78, 5) is 0.